The summed E-state index contributed by atoms with van der Waals surface area (Å²) in [5.74, 6) is 0.731. The highest BCUT2D eigenvalue weighted by Gasteiger charge is 2.26. The van der Waals surface area contributed by atoms with Gasteiger partial charge < -0.3 is 0 Å². The first-order chi connectivity index (χ1) is 6.48. The van der Waals surface area contributed by atoms with Gasteiger partial charge in [0.25, 0.3) is 0 Å². The van der Waals surface area contributed by atoms with Crippen molar-refractivity contribution in [3.05, 3.63) is 28.5 Å². The average molecular weight is 210 g/mol. The van der Waals surface area contributed by atoms with Gasteiger partial charge in [-0.25, -0.2) is 0 Å². The summed E-state index contributed by atoms with van der Waals surface area (Å²) in [6, 6.07) is 2.09. The number of rotatable bonds is 1. The molecule has 1 aromatic heterocycles. The third-order valence-electron chi connectivity index (χ3n) is 2.62. The van der Waals surface area contributed by atoms with Crippen molar-refractivity contribution >= 4 is 11.6 Å². The third-order valence-corrected chi connectivity index (χ3v) is 2.91. The number of halogens is 1. The van der Waals surface area contributed by atoms with Gasteiger partial charge in [-0.15, -0.1) is 0 Å². The molecule has 0 N–H and O–H groups in total. The normalized spacial score (nSPS) is 17.1. The molecule has 0 aromatic carbocycles. The van der Waals surface area contributed by atoms with Gasteiger partial charge in [0.2, 0.25) is 0 Å². The van der Waals surface area contributed by atoms with Crippen molar-refractivity contribution in [1.82, 2.24) is 4.98 Å². The van der Waals surface area contributed by atoms with Gasteiger partial charge in [0.15, 0.2) is 0 Å². The minimum absolute atomic E-state index is 0.0408. The number of nitrogens with zero attached hydrogens (tertiary/aromatic N) is 1. The SMILES string of the molecule is CC(C)(C)c1ncc(C2CC2)cc1Cl. The van der Waals surface area contributed by atoms with Crippen LogP contribution in [0.2, 0.25) is 5.02 Å². The fraction of sp³-hybridized carbons (Fsp3) is 0.583. The minimum Gasteiger partial charge on any atom is -0.259 e. The van der Waals surface area contributed by atoms with E-state index in [-0.39, 0.29) is 5.41 Å². The summed E-state index contributed by atoms with van der Waals surface area (Å²) in [4.78, 5) is 4.48. The second-order valence-electron chi connectivity index (χ2n) is 5.12. The molecule has 0 unspecified atom stereocenters. The predicted octanol–water partition coefficient (Wildman–Crippen LogP) is 3.91. The van der Waals surface area contributed by atoms with Crippen LogP contribution >= 0.6 is 11.6 Å². The van der Waals surface area contributed by atoms with Gasteiger partial charge in [-0.2, -0.15) is 0 Å². The molecule has 1 aliphatic carbocycles. The quantitative estimate of drug-likeness (QED) is 0.684. The van der Waals surface area contributed by atoms with Crippen molar-refractivity contribution in [2.75, 3.05) is 0 Å². The topological polar surface area (TPSA) is 12.9 Å². The van der Waals surface area contributed by atoms with E-state index in [1.807, 2.05) is 6.20 Å². The smallest absolute Gasteiger partial charge is 0.0643 e. The molecule has 0 amide bonds. The monoisotopic (exact) mass is 209 g/mol. The molecule has 1 nitrogen and oxygen atoms in total. The highest BCUT2D eigenvalue weighted by molar-refractivity contribution is 6.31. The number of hydrogen-bond donors (Lipinski definition) is 0. The molecule has 14 heavy (non-hydrogen) atoms. The van der Waals surface area contributed by atoms with E-state index < -0.39 is 0 Å². The second kappa shape index (κ2) is 3.23. The van der Waals surface area contributed by atoms with Crippen molar-refractivity contribution in [3.63, 3.8) is 0 Å². The van der Waals surface area contributed by atoms with Crippen LogP contribution in [0, 0.1) is 0 Å². The lowest BCUT2D eigenvalue weighted by Gasteiger charge is -2.19. The first kappa shape index (κ1) is 9.97. The molecule has 0 bridgehead atoms. The number of hydrogen-bond acceptors (Lipinski definition) is 1. The largest absolute Gasteiger partial charge is 0.259 e. The van der Waals surface area contributed by atoms with Crippen LogP contribution in [0.25, 0.3) is 0 Å². The molecule has 1 saturated carbocycles. The van der Waals surface area contributed by atoms with Crippen LogP contribution in [0.15, 0.2) is 12.3 Å². The van der Waals surface area contributed by atoms with Crippen LogP contribution in [0.5, 0.6) is 0 Å². The molecule has 2 heteroatoms. The van der Waals surface area contributed by atoms with Gasteiger partial charge in [0.1, 0.15) is 0 Å². The molecule has 0 radical (unpaired) electrons. The Labute approximate surface area is 90.5 Å². The molecule has 2 rings (SSSR count). The first-order valence-corrected chi connectivity index (χ1v) is 5.52. The predicted molar refractivity (Wildman–Crippen MR) is 59.9 cm³/mol. The molecule has 1 fully saturated rings. The Morgan fingerprint density at radius 3 is 2.43 bits per heavy atom. The lowest BCUT2D eigenvalue weighted by atomic mass is 9.91. The fourth-order valence-corrected chi connectivity index (χ4v) is 2.10. The van der Waals surface area contributed by atoms with Crippen molar-refractivity contribution < 1.29 is 0 Å². The van der Waals surface area contributed by atoms with Gasteiger partial charge in [0, 0.05) is 11.6 Å². The van der Waals surface area contributed by atoms with Crippen LogP contribution in [0.4, 0.5) is 0 Å². The van der Waals surface area contributed by atoms with Gasteiger partial charge in [-0.1, -0.05) is 32.4 Å². The lowest BCUT2D eigenvalue weighted by molar-refractivity contribution is 0.568. The van der Waals surface area contributed by atoms with Gasteiger partial charge >= 0.3 is 0 Å². The first-order valence-electron chi connectivity index (χ1n) is 5.14. The third kappa shape index (κ3) is 1.93. The standard InChI is InChI=1S/C12H16ClN/c1-12(2,3)11-10(13)6-9(7-14-11)8-4-5-8/h6-8H,4-5H2,1-3H3. The molecule has 1 aliphatic rings. The Morgan fingerprint density at radius 2 is 2.00 bits per heavy atom. The molecule has 0 saturated heterocycles. The van der Waals surface area contributed by atoms with Gasteiger partial charge in [-0.3, -0.25) is 4.98 Å². The van der Waals surface area contributed by atoms with Crippen LogP contribution in [0.3, 0.4) is 0 Å². The minimum atomic E-state index is 0.0408. The molecule has 0 spiro atoms. The Kier molecular flexibility index (Phi) is 2.30. The Bertz CT molecular complexity index is 348. The Balaban J connectivity index is 2.35. The highest BCUT2D eigenvalue weighted by atomic mass is 35.5. The molecule has 1 aromatic rings. The van der Waals surface area contributed by atoms with E-state index in [1.165, 1.54) is 18.4 Å². The average Bonchev–Trinajstić information content (AvgIpc) is 2.83. The zero-order valence-corrected chi connectivity index (χ0v) is 9.73. The van der Waals surface area contributed by atoms with Gasteiger partial charge in [0.05, 0.1) is 10.7 Å². The van der Waals surface area contributed by atoms with E-state index in [2.05, 4.69) is 31.8 Å². The molecule has 0 atom stereocenters. The van der Waals surface area contributed by atoms with E-state index >= 15 is 0 Å². The van der Waals surface area contributed by atoms with Gasteiger partial charge in [-0.05, 0) is 30.4 Å². The summed E-state index contributed by atoms with van der Waals surface area (Å²) in [5, 5.41) is 0.821. The maximum absolute atomic E-state index is 6.22. The second-order valence-corrected chi connectivity index (χ2v) is 5.53. The van der Waals surface area contributed by atoms with Crippen LogP contribution < -0.4 is 0 Å². The van der Waals surface area contributed by atoms with E-state index in [9.17, 15) is 0 Å². The maximum atomic E-state index is 6.22. The summed E-state index contributed by atoms with van der Waals surface area (Å²) in [6.45, 7) is 6.41. The van der Waals surface area contributed by atoms with Crippen molar-refractivity contribution in [2.24, 2.45) is 0 Å². The van der Waals surface area contributed by atoms with E-state index in [0.29, 0.717) is 0 Å². The lowest BCUT2D eigenvalue weighted by Crippen LogP contribution is -2.14. The van der Waals surface area contributed by atoms with E-state index in [4.69, 9.17) is 11.6 Å². The summed E-state index contributed by atoms with van der Waals surface area (Å²) in [5.41, 5.74) is 2.35. The van der Waals surface area contributed by atoms with E-state index in [1.54, 1.807) is 0 Å². The molecular weight excluding hydrogens is 194 g/mol. The summed E-state index contributed by atoms with van der Waals surface area (Å²) < 4.78 is 0. The molecule has 1 heterocycles. The molecule has 0 aliphatic heterocycles. The Hall–Kier alpha value is -0.560. The maximum Gasteiger partial charge on any atom is 0.0643 e. The van der Waals surface area contributed by atoms with Crippen molar-refractivity contribution in [3.8, 4) is 0 Å². The van der Waals surface area contributed by atoms with E-state index in [0.717, 1.165) is 16.6 Å². The highest BCUT2D eigenvalue weighted by Crippen LogP contribution is 2.41. The molecule has 76 valence electrons. The number of aromatic nitrogens is 1. The summed E-state index contributed by atoms with van der Waals surface area (Å²) >= 11 is 6.22. The fourth-order valence-electron chi connectivity index (χ4n) is 1.64. The number of pyridine rings is 1. The van der Waals surface area contributed by atoms with Crippen LogP contribution in [-0.2, 0) is 5.41 Å². The zero-order valence-electron chi connectivity index (χ0n) is 8.97. The summed E-state index contributed by atoms with van der Waals surface area (Å²) in [7, 11) is 0. The van der Waals surface area contributed by atoms with Crippen molar-refractivity contribution in [1.29, 1.82) is 0 Å². The molecular formula is C12H16ClN. The zero-order chi connectivity index (χ0) is 10.3. The summed E-state index contributed by atoms with van der Waals surface area (Å²) in [6.07, 6.45) is 4.59. The Morgan fingerprint density at radius 1 is 1.36 bits per heavy atom. The van der Waals surface area contributed by atoms with Crippen LogP contribution in [0.1, 0.15) is 50.8 Å². The van der Waals surface area contributed by atoms with Crippen molar-refractivity contribution in [2.45, 2.75) is 44.9 Å². The van der Waals surface area contributed by atoms with Crippen LogP contribution in [-0.4, -0.2) is 4.98 Å².